The molecule has 0 aliphatic rings. The minimum atomic E-state index is -0.202. The summed E-state index contributed by atoms with van der Waals surface area (Å²) in [4.78, 5) is 11.8. The van der Waals surface area contributed by atoms with E-state index in [0.717, 1.165) is 12.1 Å². The number of nitrogen functional groups attached to an aromatic ring is 1. The minimum absolute atomic E-state index is 0.202. The molecule has 4 nitrogen and oxygen atoms in total. The van der Waals surface area contributed by atoms with Crippen LogP contribution < -0.4 is 16.4 Å². The summed E-state index contributed by atoms with van der Waals surface area (Å²) in [6, 6.07) is 15.2. The van der Waals surface area contributed by atoms with Gasteiger partial charge in [0.05, 0.1) is 11.4 Å². The quantitative estimate of drug-likeness (QED) is 0.583. The van der Waals surface area contributed by atoms with Crippen molar-refractivity contribution in [3.8, 4) is 0 Å². The Morgan fingerprint density at radius 3 is 2.52 bits per heavy atom. The van der Waals surface area contributed by atoms with Gasteiger partial charge < -0.3 is 16.4 Å². The van der Waals surface area contributed by atoms with Gasteiger partial charge in [-0.15, -0.1) is 0 Å². The van der Waals surface area contributed by atoms with Gasteiger partial charge in [-0.05, 0) is 36.4 Å². The van der Waals surface area contributed by atoms with Crippen molar-refractivity contribution in [1.29, 1.82) is 0 Å². The number of rotatable bonds is 5. The van der Waals surface area contributed by atoms with Crippen molar-refractivity contribution in [1.82, 2.24) is 5.32 Å². The van der Waals surface area contributed by atoms with Gasteiger partial charge in [0.25, 0.3) is 0 Å². The minimum Gasteiger partial charge on any atom is -0.397 e. The number of amides is 1. The van der Waals surface area contributed by atoms with Crippen LogP contribution in [0.25, 0.3) is 6.08 Å². The first kappa shape index (κ1) is 14.8. The summed E-state index contributed by atoms with van der Waals surface area (Å²) in [6.07, 6.45) is 3.27. The van der Waals surface area contributed by atoms with E-state index >= 15 is 0 Å². The van der Waals surface area contributed by atoms with Crippen LogP contribution in [0.2, 0.25) is 0 Å². The van der Waals surface area contributed by atoms with Gasteiger partial charge in [0.15, 0.2) is 0 Å². The molecule has 4 N–H and O–H groups in total. The number of nitrogens with one attached hydrogen (secondary N) is 2. The van der Waals surface area contributed by atoms with E-state index in [4.69, 9.17) is 5.73 Å². The molecule has 0 aliphatic carbocycles. The number of carbonyl (C=O) groups is 1. The highest BCUT2D eigenvalue weighted by molar-refractivity contribution is 6.03. The Morgan fingerprint density at radius 2 is 1.86 bits per heavy atom. The molecule has 0 spiro atoms. The molecule has 1 amide bonds. The van der Waals surface area contributed by atoms with Crippen molar-refractivity contribution >= 4 is 23.4 Å². The van der Waals surface area contributed by atoms with E-state index in [2.05, 4.69) is 10.6 Å². The third kappa shape index (κ3) is 4.47. The maximum Gasteiger partial charge on any atom is 0.248 e. The van der Waals surface area contributed by atoms with Gasteiger partial charge in [0, 0.05) is 12.6 Å². The Morgan fingerprint density at radius 1 is 1.14 bits per heavy atom. The van der Waals surface area contributed by atoms with Crippen molar-refractivity contribution in [3.63, 3.8) is 0 Å². The maximum atomic E-state index is 11.8. The topological polar surface area (TPSA) is 67.2 Å². The zero-order valence-corrected chi connectivity index (χ0v) is 12.0. The molecule has 0 saturated heterocycles. The maximum absolute atomic E-state index is 11.8. The summed E-state index contributed by atoms with van der Waals surface area (Å²) < 4.78 is 0. The summed E-state index contributed by atoms with van der Waals surface area (Å²) in [5.74, 6) is -0.202. The molecule has 0 atom stereocenters. The van der Waals surface area contributed by atoms with E-state index in [1.54, 1.807) is 18.2 Å². The second-order valence-electron chi connectivity index (χ2n) is 4.68. The highest BCUT2D eigenvalue weighted by Gasteiger charge is 2.00. The van der Waals surface area contributed by atoms with Gasteiger partial charge in [-0.25, -0.2) is 0 Å². The van der Waals surface area contributed by atoms with Gasteiger partial charge in [-0.2, -0.15) is 0 Å². The van der Waals surface area contributed by atoms with Crippen LogP contribution in [-0.2, 0) is 11.3 Å². The number of nitrogens with two attached hydrogens (primary N) is 1. The van der Waals surface area contributed by atoms with E-state index < -0.39 is 0 Å². The molecule has 0 heterocycles. The van der Waals surface area contributed by atoms with Gasteiger partial charge in [-0.1, -0.05) is 36.4 Å². The SMILES string of the molecule is CNCc1ccc(/C=C/C(=O)Nc2ccccc2N)cc1. The summed E-state index contributed by atoms with van der Waals surface area (Å²) in [5.41, 5.74) is 9.13. The molecule has 21 heavy (non-hydrogen) atoms. The van der Waals surface area contributed by atoms with E-state index in [1.165, 1.54) is 11.6 Å². The lowest BCUT2D eigenvalue weighted by Crippen LogP contribution is -2.09. The van der Waals surface area contributed by atoms with Crippen LogP contribution in [0.1, 0.15) is 11.1 Å². The van der Waals surface area contributed by atoms with Crippen molar-refractivity contribution < 1.29 is 4.79 Å². The van der Waals surface area contributed by atoms with Crippen molar-refractivity contribution in [2.45, 2.75) is 6.54 Å². The second kappa shape index (κ2) is 7.26. The van der Waals surface area contributed by atoms with Crippen LogP contribution >= 0.6 is 0 Å². The van der Waals surface area contributed by atoms with Crippen molar-refractivity contribution in [3.05, 3.63) is 65.7 Å². The molecule has 0 fully saturated rings. The average molecular weight is 281 g/mol. The molecule has 0 bridgehead atoms. The van der Waals surface area contributed by atoms with Gasteiger partial charge in [0.2, 0.25) is 5.91 Å². The highest BCUT2D eigenvalue weighted by Crippen LogP contribution is 2.16. The van der Waals surface area contributed by atoms with Crippen LogP contribution in [0.4, 0.5) is 11.4 Å². The molecule has 2 rings (SSSR count). The van der Waals surface area contributed by atoms with E-state index in [-0.39, 0.29) is 5.91 Å². The zero-order valence-electron chi connectivity index (χ0n) is 12.0. The van der Waals surface area contributed by atoms with Crippen LogP contribution in [0, 0.1) is 0 Å². The van der Waals surface area contributed by atoms with Gasteiger partial charge >= 0.3 is 0 Å². The third-order valence-electron chi connectivity index (χ3n) is 3.01. The molecule has 0 aromatic heterocycles. The lowest BCUT2D eigenvalue weighted by Gasteiger charge is -2.05. The number of para-hydroxylation sites is 2. The molecule has 108 valence electrons. The van der Waals surface area contributed by atoms with E-state index in [0.29, 0.717) is 11.4 Å². The largest absolute Gasteiger partial charge is 0.397 e. The number of benzene rings is 2. The van der Waals surface area contributed by atoms with Crippen LogP contribution in [0.15, 0.2) is 54.6 Å². The van der Waals surface area contributed by atoms with E-state index in [1.807, 2.05) is 43.4 Å². The molecule has 0 unspecified atom stereocenters. The predicted octanol–water partition coefficient (Wildman–Crippen LogP) is 2.64. The Labute approximate surface area is 124 Å². The fraction of sp³-hybridized carbons (Fsp3) is 0.118. The third-order valence-corrected chi connectivity index (χ3v) is 3.01. The highest BCUT2D eigenvalue weighted by atomic mass is 16.1. The van der Waals surface area contributed by atoms with E-state index in [9.17, 15) is 4.79 Å². The number of hydrogen-bond acceptors (Lipinski definition) is 3. The Hall–Kier alpha value is -2.59. The van der Waals surface area contributed by atoms with Crippen LogP contribution in [0.3, 0.4) is 0 Å². The summed E-state index contributed by atoms with van der Waals surface area (Å²) in [7, 11) is 1.91. The smallest absolute Gasteiger partial charge is 0.248 e. The standard InChI is InChI=1S/C17H19N3O/c1-19-12-14-8-6-13(7-9-14)10-11-17(21)20-16-5-3-2-4-15(16)18/h2-11,19H,12,18H2,1H3,(H,20,21)/b11-10+. The lowest BCUT2D eigenvalue weighted by atomic mass is 10.1. The molecule has 0 aliphatic heterocycles. The number of hydrogen-bond donors (Lipinski definition) is 3. The molecular formula is C17H19N3O. The van der Waals surface area contributed by atoms with Crippen LogP contribution in [-0.4, -0.2) is 13.0 Å². The predicted molar refractivity (Wildman–Crippen MR) is 87.7 cm³/mol. The lowest BCUT2D eigenvalue weighted by molar-refractivity contribution is -0.111. The zero-order chi connectivity index (χ0) is 15.1. The first-order chi connectivity index (χ1) is 10.2. The Balaban J connectivity index is 1.97. The summed E-state index contributed by atoms with van der Waals surface area (Å²) in [5, 5.41) is 5.84. The normalized spacial score (nSPS) is 10.7. The Kier molecular flexibility index (Phi) is 5.12. The molecule has 0 radical (unpaired) electrons. The summed E-state index contributed by atoms with van der Waals surface area (Å²) >= 11 is 0. The molecule has 0 saturated carbocycles. The first-order valence-corrected chi connectivity index (χ1v) is 6.76. The van der Waals surface area contributed by atoms with Crippen molar-refractivity contribution in [2.75, 3.05) is 18.1 Å². The summed E-state index contributed by atoms with van der Waals surface area (Å²) in [6.45, 7) is 0.831. The fourth-order valence-electron chi connectivity index (χ4n) is 1.91. The molecule has 2 aromatic carbocycles. The van der Waals surface area contributed by atoms with Gasteiger partial charge in [0.1, 0.15) is 0 Å². The fourth-order valence-corrected chi connectivity index (χ4v) is 1.91. The second-order valence-corrected chi connectivity index (χ2v) is 4.68. The first-order valence-electron chi connectivity index (χ1n) is 6.76. The number of carbonyl (C=O) groups excluding carboxylic acids is 1. The number of anilines is 2. The molecule has 4 heteroatoms. The molecular weight excluding hydrogens is 262 g/mol. The van der Waals surface area contributed by atoms with Crippen molar-refractivity contribution in [2.24, 2.45) is 0 Å². The Bertz CT molecular complexity index is 633. The average Bonchev–Trinajstić information content (AvgIpc) is 2.49. The molecule has 2 aromatic rings. The monoisotopic (exact) mass is 281 g/mol. The van der Waals surface area contributed by atoms with Crippen LogP contribution in [0.5, 0.6) is 0 Å². The van der Waals surface area contributed by atoms with Gasteiger partial charge in [-0.3, -0.25) is 4.79 Å².